The number of carbonyl (C=O) groups is 1. The summed E-state index contributed by atoms with van der Waals surface area (Å²) in [6.07, 6.45) is -3.45. The first-order valence-corrected chi connectivity index (χ1v) is 9.16. The van der Waals surface area contributed by atoms with E-state index < -0.39 is 23.2 Å². The molecule has 1 fully saturated rings. The summed E-state index contributed by atoms with van der Waals surface area (Å²) in [4.78, 5) is 19.1. The number of ether oxygens (including phenoxy) is 1. The number of pyridine rings is 1. The van der Waals surface area contributed by atoms with Gasteiger partial charge >= 0.3 is 12.4 Å². The summed E-state index contributed by atoms with van der Waals surface area (Å²) in [6, 6.07) is 5.94. The minimum Gasteiger partial charge on any atom is -0.768 e. The molecular formula is C17H15F3N3O4S-. The predicted octanol–water partition coefficient (Wildman–Crippen LogP) is 2.75. The summed E-state index contributed by atoms with van der Waals surface area (Å²) in [6.45, 7) is 1.52. The molecule has 1 aliphatic rings. The Morgan fingerprint density at radius 2 is 2.00 bits per heavy atom. The van der Waals surface area contributed by atoms with Crippen molar-refractivity contribution in [3.8, 4) is 17.0 Å². The fourth-order valence-corrected chi connectivity index (χ4v) is 3.32. The van der Waals surface area contributed by atoms with Gasteiger partial charge in [-0.05, 0) is 40.9 Å². The molecule has 0 aliphatic carbocycles. The van der Waals surface area contributed by atoms with Gasteiger partial charge in [0, 0.05) is 43.3 Å². The highest BCUT2D eigenvalue weighted by Gasteiger charge is 2.31. The van der Waals surface area contributed by atoms with E-state index in [0.717, 1.165) is 18.2 Å². The lowest BCUT2D eigenvalue weighted by molar-refractivity contribution is -0.274. The van der Waals surface area contributed by atoms with Crippen LogP contribution in [0.5, 0.6) is 5.75 Å². The molecule has 2 amide bonds. The second kappa shape index (κ2) is 7.76. The maximum atomic E-state index is 12.4. The molecule has 7 nitrogen and oxygen atoms in total. The molecule has 1 atom stereocenters. The van der Waals surface area contributed by atoms with Crippen molar-refractivity contribution in [2.45, 2.75) is 17.8 Å². The van der Waals surface area contributed by atoms with Gasteiger partial charge in [0.05, 0.1) is 5.69 Å². The van der Waals surface area contributed by atoms with Crippen LogP contribution < -0.4 is 4.74 Å². The van der Waals surface area contributed by atoms with E-state index in [0.29, 0.717) is 25.2 Å². The van der Waals surface area contributed by atoms with Gasteiger partial charge in [-0.3, -0.25) is 9.19 Å². The Morgan fingerprint density at radius 3 is 2.54 bits per heavy atom. The lowest BCUT2D eigenvalue weighted by atomic mass is 10.1. The summed E-state index contributed by atoms with van der Waals surface area (Å²) in [7, 11) is 1.70. The fourth-order valence-electron chi connectivity index (χ4n) is 2.80. The Labute approximate surface area is 161 Å². The molecule has 0 spiro atoms. The van der Waals surface area contributed by atoms with Crippen molar-refractivity contribution >= 4 is 17.1 Å². The fraction of sp³-hybridized carbons (Fsp3) is 0.294. The molecular weight excluding hydrogens is 399 g/mol. The molecule has 1 aromatic heterocycles. The average molecular weight is 414 g/mol. The molecule has 150 valence electrons. The number of halogens is 3. The first kappa shape index (κ1) is 20.1. The van der Waals surface area contributed by atoms with Gasteiger partial charge in [-0.15, -0.1) is 13.2 Å². The quantitative estimate of drug-likeness (QED) is 0.703. The normalized spacial score (nSPS) is 15.8. The molecule has 0 bridgehead atoms. The van der Waals surface area contributed by atoms with Crippen molar-refractivity contribution in [2.24, 2.45) is 0 Å². The van der Waals surface area contributed by atoms with Crippen molar-refractivity contribution in [1.29, 1.82) is 0 Å². The molecule has 0 saturated carbocycles. The maximum Gasteiger partial charge on any atom is 0.573 e. The average Bonchev–Trinajstić information content (AvgIpc) is 2.93. The van der Waals surface area contributed by atoms with E-state index in [9.17, 15) is 26.7 Å². The van der Waals surface area contributed by atoms with Gasteiger partial charge < -0.3 is 19.1 Å². The predicted molar refractivity (Wildman–Crippen MR) is 92.0 cm³/mol. The lowest BCUT2D eigenvalue weighted by Crippen LogP contribution is -2.28. The highest BCUT2D eigenvalue weighted by atomic mass is 32.2. The highest BCUT2D eigenvalue weighted by Crippen LogP contribution is 2.31. The van der Waals surface area contributed by atoms with Crippen molar-refractivity contribution < 1.29 is 31.5 Å². The van der Waals surface area contributed by atoms with Gasteiger partial charge in [0.15, 0.2) is 0 Å². The third-order valence-corrected chi connectivity index (χ3v) is 4.86. The molecule has 11 heteroatoms. The van der Waals surface area contributed by atoms with E-state index >= 15 is 0 Å². The number of carbonyl (C=O) groups excluding carboxylic acids is 1. The first-order valence-electron chi connectivity index (χ1n) is 8.08. The van der Waals surface area contributed by atoms with E-state index in [1.165, 1.54) is 12.3 Å². The molecule has 3 rings (SSSR count). The molecule has 28 heavy (non-hydrogen) atoms. The van der Waals surface area contributed by atoms with Gasteiger partial charge in [0.25, 0.3) is 0 Å². The monoisotopic (exact) mass is 414 g/mol. The van der Waals surface area contributed by atoms with Crippen LogP contribution in [-0.4, -0.2) is 56.1 Å². The Morgan fingerprint density at radius 1 is 1.25 bits per heavy atom. The van der Waals surface area contributed by atoms with Crippen LogP contribution in [0.15, 0.2) is 41.4 Å². The summed E-state index contributed by atoms with van der Waals surface area (Å²) in [5.74, 6) is -0.548. The van der Waals surface area contributed by atoms with Crippen molar-refractivity contribution in [3.63, 3.8) is 0 Å². The number of benzene rings is 1. The Kier molecular flexibility index (Phi) is 5.57. The van der Waals surface area contributed by atoms with Crippen molar-refractivity contribution in [3.05, 3.63) is 42.1 Å². The number of nitrogens with zero attached hydrogens (tertiary/aromatic N) is 3. The van der Waals surface area contributed by atoms with E-state index in [4.69, 9.17) is 0 Å². The smallest absolute Gasteiger partial charge is 0.573 e. The van der Waals surface area contributed by atoms with Gasteiger partial charge in [-0.2, -0.15) is 0 Å². The van der Waals surface area contributed by atoms with Crippen LogP contribution in [0.1, 0.15) is 5.56 Å². The number of hydrogen-bond acceptors (Lipinski definition) is 5. The number of urea groups is 1. The standard InChI is InChI=1S/C17H16F3N3O4S/c1-22-6-7-23(16(22)24)10-11-2-4-14(21-9-11)13-8-12(27-17(18,19)20)3-5-15(13)28(25)26/h2-5,8-9H,6-7,10H2,1H3,(H,25,26)/p-1. The van der Waals surface area contributed by atoms with Crippen LogP contribution in [0.4, 0.5) is 18.0 Å². The number of aromatic nitrogens is 1. The third-order valence-electron chi connectivity index (χ3n) is 4.14. The second-order valence-electron chi connectivity index (χ2n) is 6.12. The van der Waals surface area contributed by atoms with Gasteiger partial charge in [-0.25, -0.2) is 4.79 Å². The minimum absolute atomic E-state index is 0.0152. The van der Waals surface area contributed by atoms with Crippen LogP contribution in [0, 0.1) is 0 Å². The first-order chi connectivity index (χ1) is 13.1. The third kappa shape index (κ3) is 4.60. The summed E-state index contributed by atoms with van der Waals surface area (Å²) in [5.41, 5.74) is 0.860. The molecule has 1 aliphatic heterocycles. The Bertz CT molecular complexity index is 906. The van der Waals surface area contributed by atoms with Gasteiger partial charge in [0.1, 0.15) is 5.75 Å². The highest BCUT2D eigenvalue weighted by molar-refractivity contribution is 7.79. The number of alkyl halides is 3. The van der Waals surface area contributed by atoms with Gasteiger partial charge in [0.2, 0.25) is 0 Å². The maximum absolute atomic E-state index is 12.4. The second-order valence-corrected chi connectivity index (χ2v) is 7.03. The van der Waals surface area contributed by atoms with Gasteiger partial charge in [-0.1, -0.05) is 6.07 Å². The lowest BCUT2D eigenvalue weighted by Gasteiger charge is -2.17. The number of likely N-dealkylation sites (N-methyl/N-ethyl adjacent to an activating group) is 1. The molecule has 0 radical (unpaired) electrons. The molecule has 2 heterocycles. The topological polar surface area (TPSA) is 85.8 Å². The van der Waals surface area contributed by atoms with Crippen LogP contribution in [-0.2, 0) is 17.6 Å². The van der Waals surface area contributed by atoms with E-state index in [1.54, 1.807) is 22.9 Å². The number of rotatable bonds is 5. The SMILES string of the molecule is CN1CCN(Cc2ccc(-c3cc(OC(F)(F)F)ccc3S(=O)[O-])nc2)C1=O. The summed E-state index contributed by atoms with van der Waals surface area (Å²) in [5, 5.41) is 0. The number of hydrogen-bond donors (Lipinski definition) is 0. The Hall–Kier alpha value is -2.66. The zero-order valence-corrected chi connectivity index (χ0v) is 15.4. The van der Waals surface area contributed by atoms with Crippen LogP contribution in [0.2, 0.25) is 0 Å². The molecule has 0 N–H and O–H groups in total. The summed E-state index contributed by atoms with van der Waals surface area (Å²) >= 11 is -2.68. The zero-order chi connectivity index (χ0) is 20.5. The summed E-state index contributed by atoms with van der Waals surface area (Å²) < 4.78 is 64.0. The van der Waals surface area contributed by atoms with Crippen molar-refractivity contribution in [1.82, 2.24) is 14.8 Å². The zero-order valence-electron chi connectivity index (χ0n) is 14.6. The van der Waals surface area contributed by atoms with E-state index in [-0.39, 0.29) is 22.2 Å². The van der Waals surface area contributed by atoms with Crippen LogP contribution in [0.3, 0.4) is 0 Å². The van der Waals surface area contributed by atoms with E-state index in [1.807, 2.05) is 0 Å². The molecule has 1 saturated heterocycles. The van der Waals surface area contributed by atoms with E-state index in [2.05, 4.69) is 9.72 Å². The Balaban J connectivity index is 1.86. The molecule has 2 aromatic rings. The number of amides is 2. The van der Waals surface area contributed by atoms with Crippen molar-refractivity contribution in [2.75, 3.05) is 20.1 Å². The largest absolute Gasteiger partial charge is 0.768 e. The van der Waals surface area contributed by atoms with Crippen LogP contribution in [0.25, 0.3) is 11.3 Å². The minimum atomic E-state index is -4.90. The molecule has 1 unspecified atom stereocenters. The molecule has 1 aromatic carbocycles. The van der Waals surface area contributed by atoms with Crippen LogP contribution >= 0.6 is 0 Å².